The molecule has 13 heavy (non-hydrogen) atoms. The molecule has 0 unspecified atom stereocenters. The number of rotatable bonds is 1. The fourth-order valence-electron chi connectivity index (χ4n) is 1.31. The van der Waals surface area contributed by atoms with Gasteiger partial charge in [0, 0.05) is 10.9 Å². The van der Waals surface area contributed by atoms with Gasteiger partial charge >= 0.3 is 0 Å². The number of nitrogens with zero attached hydrogens (tertiary/aromatic N) is 1. The fraction of sp³-hybridized carbons (Fsp3) is 0.100. The van der Waals surface area contributed by atoms with Crippen LogP contribution >= 0.6 is 0 Å². The van der Waals surface area contributed by atoms with E-state index in [1.54, 1.807) is 13.2 Å². The van der Waals surface area contributed by atoms with Crippen molar-refractivity contribution in [2.75, 3.05) is 0 Å². The molecule has 0 saturated carbocycles. The van der Waals surface area contributed by atoms with Crippen LogP contribution in [0.4, 0.5) is 0 Å². The molecule has 1 aromatic heterocycles. The van der Waals surface area contributed by atoms with Gasteiger partial charge in [-0.05, 0) is 13.0 Å². The molecule has 0 saturated heterocycles. The molecule has 0 atom stereocenters. The molecule has 0 spiro atoms. The molecular weight excluding hydrogens is 166 g/mol. The zero-order valence-electron chi connectivity index (χ0n) is 7.19. The van der Waals surface area contributed by atoms with E-state index in [0.29, 0.717) is 5.71 Å². The molecule has 1 aromatic carbocycles. The third-order valence-corrected chi connectivity index (χ3v) is 2.02. The van der Waals surface area contributed by atoms with Crippen LogP contribution in [0.1, 0.15) is 12.5 Å². The quantitative estimate of drug-likeness (QED) is 0.411. The van der Waals surface area contributed by atoms with Gasteiger partial charge in [-0.3, -0.25) is 0 Å². The van der Waals surface area contributed by atoms with Crippen LogP contribution < -0.4 is 0 Å². The minimum absolute atomic E-state index is 0.560. The minimum Gasteiger partial charge on any atom is -0.464 e. The van der Waals surface area contributed by atoms with Gasteiger partial charge in [-0.25, -0.2) is 0 Å². The molecule has 3 nitrogen and oxygen atoms in total. The summed E-state index contributed by atoms with van der Waals surface area (Å²) in [4.78, 5) is 0. The summed E-state index contributed by atoms with van der Waals surface area (Å²) in [7, 11) is 0. The summed E-state index contributed by atoms with van der Waals surface area (Å²) in [5, 5.41) is 12.7. The molecule has 3 heteroatoms. The minimum atomic E-state index is 0.560. The molecule has 0 fully saturated rings. The van der Waals surface area contributed by atoms with Crippen LogP contribution in [0, 0.1) is 0 Å². The summed E-state index contributed by atoms with van der Waals surface area (Å²) in [6, 6.07) is 7.64. The van der Waals surface area contributed by atoms with Crippen molar-refractivity contribution in [1.29, 1.82) is 0 Å². The Hall–Kier alpha value is -1.77. The smallest absolute Gasteiger partial charge is 0.134 e. The van der Waals surface area contributed by atoms with Gasteiger partial charge in [0.1, 0.15) is 11.8 Å². The van der Waals surface area contributed by atoms with Gasteiger partial charge in [0.15, 0.2) is 0 Å². The molecule has 0 aliphatic heterocycles. The van der Waals surface area contributed by atoms with Crippen LogP contribution in [0.2, 0.25) is 0 Å². The Kier molecular flexibility index (Phi) is 1.77. The van der Waals surface area contributed by atoms with Gasteiger partial charge in [0.25, 0.3) is 0 Å². The Morgan fingerprint density at radius 1 is 1.38 bits per heavy atom. The van der Waals surface area contributed by atoms with Crippen LogP contribution in [-0.2, 0) is 0 Å². The summed E-state index contributed by atoms with van der Waals surface area (Å²) >= 11 is 0. The number of furan rings is 1. The van der Waals surface area contributed by atoms with Gasteiger partial charge in [0.05, 0.1) is 5.71 Å². The van der Waals surface area contributed by atoms with E-state index < -0.39 is 0 Å². The fourth-order valence-corrected chi connectivity index (χ4v) is 1.31. The monoisotopic (exact) mass is 175 g/mol. The van der Waals surface area contributed by atoms with Gasteiger partial charge in [-0.1, -0.05) is 23.4 Å². The molecular formula is C10H9NO2. The van der Waals surface area contributed by atoms with E-state index in [-0.39, 0.29) is 0 Å². The number of hydrogen-bond donors (Lipinski definition) is 1. The number of fused-ring (bicyclic) bond motifs is 1. The Balaban J connectivity index is 2.71. The lowest BCUT2D eigenvalue weighted by atomic mass is 10.1. The number of hydrogen-bond acceptors (Lipinski definition) is 3. The molecule has 0 aliphatic carbocycles. The lowest BCUT2D eigenvalue weighted by molar-refractivity contribution is 0.319. The second kappa shape index (κ2) is 2.94. The summed E-state index contributed by atoms with van der Waals surface area (Å²) in [5.74, 6) is 0. The largest absolute Gasteiger partial charge is 0.464 e. The predicted molar refractivity (Wildman–Crippen MR) is 50.2 cm³/mol. The van der Waals surface area contributed by atoms with E-state index in [1.165, 1.54) is 0 Å². The summed E-state index contributed by atoms with van der Waals surface area (Å²) in [5.41, 5.74) is 2.20. The van der Waals surface area contributed by atoms with Crippen molar-refractivity contribution < 1.29 is 9.62 Å². The van der Waals surface area contributed by atoms with Gasteiger partial charge in [-0.15, -0.1) is 0 Å². The molecule has 0 bridgehead atoms. The normalized spacial score (nSPS) is 12.2. The van der Waals surface area contributed by atoms with Crippen LogP contribution in [0.25, 0.3) is 11.0 Å². The highest BCUT2D eigenvalue weighted by Crippen LogP contribution is 2.20. The maximum absolute atomic E-state index is 8.61. The molecule has 2 aromatic rings. The van der Waals surface area contributed by atoms with E-state index in [9.17, 15) is 0 Å². The molecule has 66 valence electrons. The molecule has 1 heterocycles. The van der Waals surface area contributed by atoms with Gasteiger partial charge < -0.3 is 9.62 Å². The Morgan fingerprint density at radius 3 is 2.92 bits per heavy atom. The number of benzene rings is 1. The summed E-state index contributed by atoms with van der Waals surface area (Å²) < 4.78 is 5.28. The highest BCUT2D eigenvalue weighted by Gasteiger charge is 2.07. The lowest BCUT2D eigenvalue weighted by Gasteiger charge is -1.92. The second-order valence-electron chi connectivity index (χ2n) is 2.83. The maximum atomic E-state index is 8.61. The molecule has 0 radical (unpaired) electrons. The highest BCUT2D eigenvalue weighted by molar-refractivity contribution is 6.08. The van der Waals surface area contributed by atoms with Crippen LogP contribution in [0.15, 0.2) is 40.1 Å². The zero-order valence-corrected chi connectivity index (χ0v) is 7.19. The zero-order chi connectivity index (χ0) is 9.26. The van der Waals surface area contributed by atoms with Crippen LogP contribution in [-0.4, -0.2) is 10.9 Å². The Labute approximate surface area is 75.3 Å². The SMILES string of the molecule is C/C(=N/O)c1coc2ccccc12. The van der Waals surface area contributed by atoms with E-state index in [1.807, 2.05) is 24.3 Å². The molecule has 0 aliphatic rings. The maximum Gasteiger partial charge on any atom is 0.134 e. The van der Waals surface area contributed by atoms with E-state index >= 15 is 0 Å². The first-order chi connectivity index (χ1) is 6.33. The first kappa shape index (κ1) is 7.86. The molecule has 1 N–H and O–H groups in total. The first-order valence-corrected chi connectivity index (χ1v) is 3.98. The van der Waals surface area contributed by atoms with Crippen molar-refractivity contribution in [2.24, 2.45) is 5.16 Å². The number of oxime groups is 1. The third-order valence-electron chi connectivity index (χ3n) is 2.02. The Bertz CT molecular complexity index is 457. The second-order valence-corrected chi connectivity index (χ2v) is 2.83. The lowest BCUT2D eigenvalue weighted by Crippen LogP contribution is -1.91. The van der Waals surface area contributed by atoms with E-state index in [4.69, 9.17) is 9.62 Å². The topological polar surface area (TPSA) is 45.7 Å². The summed E-state index contributed by atoms with van der Waals surface area (Å²) in [6.45, 7) is 1.73. The standard InChI is InChI=1S/C10H9NO2/c1-7(11-12)9-6-13-10-5-3-2-4-8(9)10/h2-6,12H,1H3/b11-7-. The number of para-hydroxylation sites is 1. The van der Waals surface area contributed by atoms with Crippen LogP contribution in [0.5, 0.6) is 0 Å². The average Bonchev–Trinajstić information content (AvgIpc) is 2.60. The van der Waals surface area contributed by atoms with Crippen molar-refractivity contribution in [1.82, 2.24) is 0 Å². The molecule has 0 amide bonds. The first-order valence-electron chi connectivity index (χ1n) is 3.98. The van der Waals surface area contributed by atoms with Crippen molar-refractivity contribution >= 4 is 16.7 Å². The Morgan fingerprint density at radius 2 is 2.15 bits per heavy atom. The predicted octanol–water partition coefficient (Wildman–Crippen LogP) is 2.63. The molecule has 2 rings (SSSR count). The summed E-state index contributed by atoms with van der Waals surface area (Å²) in [6.07, 6.45) is 1.60. The van der Waals surface area contributed by atoms with Crippen molar-refractivity contribution in [3.05, 3.63) is 36.1 Å². The average molecular weight is 175 g/mol. The van der Waals surface area contributed by atoms with Crippen molar-refractivity contribution in [2.45, 2.75) is 6.92 Å². The van der Waals surface area contributed by atoms with Gasteiger partial charge in [-0.2, -0.15) is 0 Å². The van der Waals surface area contributed by atoms with Crippen molar-refractivity contribution in [3.8, 4) is 0 Å². The third kappa shape index (κ3) is 1.18. The highest BCUT2D eigenvalue weighted by atomic mass is 16.4. The van der Waals surface area contributed by atoms with Gasteiger partial charge in [0.2, 0.25) is 0 Å². The van der Waals surface area contributed by atoms with Crippen LogP contribution in [0.3, 0.4) is 0 Å². The van der Waals surface area contributed by atoms with E-state index in [2.05, 4.69) is 5.16 Å². The van der Waals surface area contributed by atoms with Crippen molar-refractivity contribution in [3.63, 3.8) is 0 Å². The van der Waals surface area contributed by atoms with E-state index in [0.717, 1.165) is 16.5 Å².